The summed E-state index contributed by atoms with van der Waals surface area (Å²) in [7, 11) is 1.56. The first-order valence-electron chi connectivity index (χ1n) is 5.94. The Hall–Kier alpha value is -2.10. The number of aromatic nitrogens is 3. The molecule has 1 heterocycles. The van der Waals surface area contributed by atoms with Crippen LogP contribution in [0.25, 0.3) is 0 Å². The second kappa shape index (κ2) is 6.89. The van der Waals surface area contributed by atoms with Crippen LogP contribution in [-0.4, -0.2) is 28.7 Å². The van der Waals surface area contributed by atoms with E-state index in [-0.39, 0.29) is 12.3 Å². The summed E-state index contributed by atoms with van der Waals surface area (Å²) < 4.78 is 12.2. The van der Waals surface area contributed by atoms with Gasteiger partial charge in [-0.1, -0.05) is 16.8 Å². The Morgan fingerprint density at radius 3 is 2.75 bits per heavy atom. The van der Waals surface area contributed by atoms with Gasteiger partial charge in [-0.3, -0.25) is 0 Å². The van der Waals surface area contributed by atoms with Crippen molar-refractivity contribution < 1.29 is 9.47 Å². The fourth-order valence-electron chi connectivity index (χ4n) is 1.66. The molecule has 20 heavy (non-hydrogen) atoms. The van der Waals surface area contributed by atoms with Crippen LogP contribution >= 0.6 is 11.6 Å². The fourth-order valence-corrected chi connectivity index (χ4v) is 1.79. The van der Waals surface area contributed by atoms with Crippen molar-refractivity contribution in [2.45, 2.75) is 13.2 Å². The van der Waals surface area contributed by atoms with Gasteiger partial charge in [0.25, 0.3) is 0 Å². The highest BCUT2D eigenvalue weighted by atomic mass is 35.5. The molecule has 1 aromatic carbocycles. The van der Waals surface area contributed by atoms with E-state index in [1.54, 1.807) is 36.1 Å². The topological polar surface area (TPSA) is 73.0 Å². The zero-order valence-electron chi connectivity index (χ0n) is 10.9. The lowest BCUT2D eigenvalue weighted by molar-refractivity contribution is 0.174. The summed E-state index contributed by atoms with van der Waals surface area (Å²) in [5, 5.41) is 17.3. The predicted molar refractivity (Wildman–Crippen MR) is 72.4 cm³/mol. The first-order chi connectivity index (χ1) is 9.74. The van der Waals surface area contributed by atoms with Crippen LogP contribution in [0.4, 0.5) is 0 Å². The number of hydrogen-bond donors (Lipinski definition) is 0. The molecule has 0 atom stereocenters. The van der Waals surface area contributed by atoms with Crippen molar-refractivity contribution in [3.63, 3.8) is 0 Å². The molecule has 1 aromatic heterocycles. The van der Waals surface area contributed by atoms with Gasteiger partial charge in [-0.25, -0.2) is 4.68 Å². The van der Waals surface area contributed by atoms with Gasteiger partial charge in [-0.2, -0.15) is 5.26 Å². The van der Waals surface area contributed by atoms with E-state index in [2.05, 4.69) is 10.3 Å². The predicted octanol–water partition coefficient (Wildman–Crippen LogP) is 2.03. The second-order valence-electron chi connectivity index (χ2n) is 3.96. The number of rotatable bonds is 6. The van der Waals surface area contributed by atoms with Gasteiger partial charge in [0, 0.05) is 12.1 Å². The highest BCUT2D eigenvalue weighted by Gasteiger charge is 2.12. The number of ether oxygens (including phenoxy) is 2. The minimum Gasteiger partial charge on any atom is -0.492 e. The van der Waals surface area contributed by atoms with Crippen LogP contribution in [0.15, 0.2) is 24.3 Å². The van der Waals surface area contributed by atoms with Crippen molar-refractivity contribution in [2.75, 3.05) is 13.7 Å². The van der Waals surface area contributed by atoms with Gasteiger partial charge in [0.1, 0.15) is 24.1 Å². The van der Waals surface area contributed by atoms with E-state index >= 15 is 0 Å². The van der Waals surface area contributed by atoms with Crippen LogP contribution in [0.2, 0.25) is 5.02 Å². The van der Waals surface area contributed by atoms with E-state index in [1.807, 2.05) is 6.07 Å². The third-order valence-electron chi connectivity index (χ3n) is 2.61. The van der Waals surface area contributed by atoms with E-state index in [1.165, 1.54) is 0 Å². The maximum Gasteiger partial charge on any atom is 0.188 e. The molecule has 0 N–H and O–H groups in total. The van der Waals surface area contributed by atoms with Gasteiger partial charge >= 0.3 is 0 Å². The molecule has 104 valence electrons. The van der Waals surface area contributed by atoms with Gasteiger partial charge in [-0.15, -0.1) is 5.10 Å². The van der Waals surface area contributed by atoms with E-state index in [9.17, 15) is 0 Å². The largest absolute Gasteiger partial charge is 0.492 e. The third-order valence-corrected chi connectivity index (χ3v) is 2.86. The summed E-state index contributed by atoms with van der Waals surface area (Å²) in [5.41, 5.74) is 0.924. The van der Waals surface area contributed by atoms with Crippen LogP contribution in [0, 0.1) is 11.3 Å². The number of methoxy groups -OCH3 is 1. The van der Waals surface area contributed by atoms with E-state index in [0.717, 1.165) is 5.75 Å². The molecule has 6 nitrogen and oxygen atoms in total. The van der Waals surface area contributed by atoms with E-state index in [4.69, 9.17) is 26.3 Å². The lowest BCUT2D eigenvalue weighted by Gasteiger charge is -2.08. The maximum absolute atomic E-state index is 8.92. The average Bonchev–Trinajstić information content (AvgIpc) is 2.84. The van der Waals surface area contributed by atoms with Gasteiger partial charge in [-0.05, 0) is 24.3 Å². The summed E-state index contributed by atoms with van der Waals surface area (Å²) in [6, 6.07) is 9.09. The Bertz CT molecular complexity index is 604. The monoisotopic (exact) mass is 292 g/mol. The molecule has 0 aliphatic rings. The fraction of sp³-hybridized carbons (Fsp3) is 0.308. The number of nitrogens with zero attached hydrogens (tertiary/aromatic N) is 4. The molecule has 0 bridgehead atoms. The first-order valence-corrected chi connectivity index (χ1v) is 6.32. The lowest BCUT2D eigenvalue weighted by atomic mass is 10.3. The molecule has 0 aliphatic carbocycles. The molecule has 0 fully saturated rings. The summed E-state index contributed by atoms with van der Waals surface area (Å²) in [6.45, 7) is 1.18. The summed E-state index contributed by atoms with van der Waals surface area (Å²) in [4.78, 5) is 0. The van der Waals surface area contributed by atoms with E-state index < -0.39 is 0 Å². The molecule has 0 radical (unpaired) electrons. The Morgan fingerprint density at radius 1 is 1.35 bits per heavy atom. The quantitative estimate of drug-likeness (QED) is 0.814. The lowest BCUT2D eigenvalue weighted by Crippen LogP contribution is -2.13. The standard InChI is InChI=1S/C13H13ClN4O2/c1-19-9-13-12(8-15)16-17-18(13)6-7-20-11-4-2-10(14)3-5-11/h2-5H,6-7,9H2,1H3. The Balaban J connectivity index is 1.95. The van der Waals surface area contributed by atoms with Crippen LogP contribution in [0.1, 0.15) is 11.4 Å². The Morgan fingerprint density at radius 2 is 2.10 bits per heavy atom. The van der Waals surface area contributed by atoms with Crippen LogP contribution in [0.5, 0.6) is 5.75 Å². The zero-order valence-corrected chi connectivity index (χ0v) is 11.7. The Labute approximate surface area is 121 Å². The molecule has 0 spiro atoms. The molecule has 0 saturated carbocycles. The minimum absolute atomic E-state index is 0.276. The zero-order chi connectivity index (χ0) is 14.4. The van der Waals surface area contributed by atoms with Crippen LogP contribution < -0.4 is 4.74 Å². The molecule has 7 heteroatoms. The molecular formula is C13H13ClN4O2. The smallest absolute Gasteiger partial charge is 0.188 e. The summed E-state index contributed by atoms with van der Waals surface area (Å²) >= 11 is 5.79. The second-order valence-corrected chi connectivity index (χ2v) is 4.39. The first kappa shape index (κ1) is 14.3. The van der Waals surface area contributed by atoms with Gasteiger partial charge in [0.2, 0.25) is 0 Å². The highest BCUT2D eigenvalue weighted by molar-refractivity contribution is 6.30. The normalized spacial score (nSPS) is 10.2. The number of nitriles is 1. The number of hydrogen-bond acceptors (Lipinski definition) is 5. The van der Waals surface area contributed by atoms with Crippen molar-refractivity contribution in [3.8, 4) is 11.8 Å². The molecule has 0 unspecified atom stereocenters. The summed E-state index contributed by atoms with van der Waals surface area (Å²) in [5.74, 6) is 0.725. The molecular weight excluding hydrogens is 280 g/mol. The van der Waals surface area contributed by atoms with Gasteiger partial charge in [0.05, 0.1) is 13.2 Å². The van der Waals surface area contributed by atoms with Crippen molar-refractivity contribution in [1.82, 2.24) is 15.0 Å². The molecule has 0 amide bonds. The Kier molecular flexibility index (Phi) is 4.93. The highest BCUT2D eigenvalue weighted by Crippen LogP contribution is 2.15. The van der Waals surface area contributed by atoms with Crippen molar-refractivity contribution >= 4 is 11.6 Å². The summed E-state index contributed by atoms with van der Waals surface area (Å²) in [6.07, 6.45) is 0. The van der Waals surface area contributed by atoms with Crippen molar-refractivity contribution in [1.29, 1.82) is 5.26 Å². The van der Waals surface area contributed by atoms with Crippen molar-refractivity contribution in [2.24, 2.45) is 0 Å². The maximum atomic E-state index is 8.92. The number of benzene rings is 1. The van der Waals surface area contributed by atoms with Gasteiger partial charge < -0.3 is 9.47 Å². The molecule has 2 rings (SSSR count). The van der Waals surface area contributed by atoms with Crippen molar-refractivity contribution in [3.05, 3.63) is 40.7 Å². The average molecular weight is 293 g/mol. The van der Waals surface area contributed by atoms with Gasteiger partial charge in [0.15, 0.2) is 5.69 Å². The molecule has 2 aromatic rings. The minimum atomic E-state index is 0.276. The van der Waals surface area contributed by atoms with Crippen LogP contribution in [-0.2, 0) is 17.9 Å². The molecule has 0 aliphatic heterocycles. The number of halogens is 1. The molecule has 0 saturated heterocycles. The SMILES string of the molecule is COCc1c(C#N)nnn1CCOc1ccc(Cl)cc1. The third kappa shape index (κ3) is 3.47. The van der Waals surface area contributed by atoms with E-state index in [0.29, 0.717) is 23.9 Å². The van der Waals surface area contributed by atoms with Crippen LogP contribution in [0.3, 0.4) is 0 Å².